The molecule has 0 saturated heterocycles. The maximum absolute atomic E-state index is 6.43. The summed E-state index contributed by atoms with van der Waals surface area (Å²) in [6.07, 6.45) is 10.5. The molecule has 0 N–H and O–H groups in total. The molecule has 2 unspecified atom stereocenters. The fourth-order valence-electron chi connectivity index (χ4n) is 7.50. The van der Waals surface area contributed by atoms with Crippen LogP contribution in [0.15, 0.2) is 127 Å². The van der Waals surface area contributed by atoms with Gasteiger partial charge in [-0.3, -0.25) is 4.57 Å². The average molecular weight is 566 g/mol. The Kier molecular flexibility index (Phi) is 4.92. The fraction of sp³-hybridized carbons (Fsp3) is 0.100. The summed E-state index contributed by atoms with van der Waals surface area (Å²) in [6, 6.07) is 37.4. The second-order valence-electron chi connectivity index (χ2n) is 12.1. The molecule has 44 heavy (non-hydrogen) atoms. The molecule has 208 valence electrons. The lowest BCUT2D eigenvalue weighted by molar-refractivity contribution is 0.260. The van der Waals surface area contributed by atoms with Crippen molar-refractivity contribution in [1.29, 1.82) is 0 Å². The number of hydrogen-bond donors (Lipinski definition) is 0. The van der Waals surface area contributed by atoms with Gasteiger partial charge in [-0.1, -0.05) is 97.1 Å². The topological polar surface area (TPSA) is 39.9 Å². The smallest absolute Gasteiger partial charge is 0.237 e. The van der Waals surface area contributed by atoms with Gasteiger partial charge in [0.1, 0.15) is 17.5 Å². The highest BCUT2D eigenvalue weighted by atomic mass is 16.5. The van der Waals surface area contributed by atoms with Crippen molar-refractivity contribution in [3.8, 4) is 34.1 Å². The molecule has 0 saturated carbocycles. The van der Waals surface area contributed by atoms with Gasteiger partial charge in [0.05, 0.1) is 17.0 Å². The number of benzene rings is 5. The van der Waals surface area contributed by atoms with Gasteiger partial charge in [-0.2, -0.15) is 0 Å². The standard InChI is InChI=1S/C40H27N3O/c1-2-11-27-23-35-33(21-26(27)10-1)30-13-5-7-15-34(30)43(35)39-37(42-40-38(41-39)31-14-6-8-16-36(31)44-40)28-20-19-25-18-17-24-9-3-4-12-29(24)32(25)22-28/h1-16,19-23,31,36H,17-18H2. The van der Waals surface area contributed by atoms with Crippen molar-refractivity contribution in [1.82, 2.24) is 14.5 Å². The minimum atomic E-state index is -0.0874. The number of fused-ring (bicyclic) bond motifs is 10. The zero-order chi connectivity index (χ0) is 28.8. The van der Waals surface area contributed by atoms with Crippen molar-refractivity contribution in [3.63, 3.8) is 0 Å². The van der Waals surface area contributed by atoms with E-state index in [0.717, 1.165) is 46.6 Å². The van der Waals surface area contributed by atoms with E-state index in [1.165, 1.54) is 43.8 Å². The molecular formula is C40H27N3O. The minimum absolute atomic E-state index is 0.0413. The fourth-order valence-corrected chi connectivity index (χ4v) is 7.50. The summed E-state index contributed by atoms with van der Waals surface area (Å²) in [5.74, 6) is 1.50. The van der Waals surface area contributed by atoms with E-state index in [4.69, 9.17) is 14.7 Å². The molecule has 4 nitrogen and oxygen atoms in total. The van der Waals surface area contributed by atoms with Gasteiger partial charge in [0.25, 0.3) is 0 Å². The summed E-state index contributed by atoms with van der Waals surface area (Å²) < 4.78 is 8.75. The number of nitrogens with zero attached hydrogens (tertiary/aromatic N) is 3. The summed E-state index contributed by atoms with van der Waals surface area (Å²) in [6.45, 7) is 0. The first-order chi connectivity index (χ1) is 21.8. The lowest BCUT2D eigenvalue weighted by Gasteiger charge is -2.21. The lowest BCUT2D eigenvalue weighted by Crippen LogP contribution is -2.16. The number of allylic oxidation sites excluding steroid dienone is 2. The maximum Gasteiger partial charge on any atom is 0.237 e. The molecule has 7 aromatic rings. The van der Waals surface area contributed by atoms with Crippen molar-refractivity contribution in [2.24, 2.45) is 0 Å². The maximum atomic E-state index is 6.43. The van der Waals surface area contributed by atoms with E-state index < -0.39 is 0 Å². The first kappa shape index (κ1) is 24.0. The van der Waals surface area contributed by atoms with Crippen LogP contribution in [0.3, 0.4) is 0 Å². The molecule has 0 fully saturated rings. The summed E-state index contributed by atoms with van der Waals surface area (Å²) in [5, 5.41) is 4.85. The van der Waals surface area contributed by atoms with E-state index >= 15 is 0 Å². The Balaban J connectivity index is 1.29. The molecule has 10 rings (SSSR count). The van der Waals surface area contributed by atoms with Crippen molar-refractivity contribution in [2.45, 2.75) is 24.9 Å². The minimum Gasteiger partial charge on any atom is -0.468 e. The Morgan fingerprint density at radius 1 is 0.636 bits per heavy atom. The highest BCUT2D eigenvalue weighted by molar-refractivity contribution is 6.13. The molecule has 3 heterocycles. The molecule has 3 aliphatic rings. The highest BCUT2D eigenvalue weighted by Crippen LogP contribution is 2.44. The first-order valence-corrected chi connectivity index (χ1v) is 15.4. The van der Waals surface area contributed by atoms with Crippen LogP contribution in [-0.2, 0) is 12.8 Å². The molecule has 1 aliphatic heterocycles. The SMILES string of the molecule is C1=CC2Oc3nc(-c4ccc5c(c4)-c4ccccc4CC5)c(-n4c5ccccc5c5cc6ccccc6cc54)nc3C2C=C1. The van der Waals surface area contributed by atoms with Crippen LogP contribution in [0.2, 0.25) is 0 Å². The second-order valence-corrected chi connectivity index (χ2v) is 12.1. The van der Waals surface area contributed by atoms with Gasteiger partial charge in [0.2, 0.25) is 5.88 Å². The molecule has 2 aliphatic carbocycles. The zero-order valence-corrected chi connectivity index (χ0v) is 23.9. The summed E-state index contributed by atoms with van der Waals surface area (Å²) in [5.41, 5.74) is 10.4. The third kappa shape index (κ3) is 3.39. The Labute approximate surface area is 254 Å². The molecule has 2 atom stereocenters. The molecule has 0 radical (unpaired) electrons. The Bertz CT molecular complexity index is 2390. The monoisotopic (exact) mass is 565 g/mol. The van der Waals surface area contributed by atoms with Gasteiger partial charge in [0.15, 0.2) is 5.82 Å². The quantitative estimate of drug-likeness (QED) is 0.210. The summed E-state index contributed by atoms with van der Waals surface area (Å²) in [4.78, 5) is 10.8. The van der Waals surface area contributed by atoms with E-state index in [0.29, 0.717) is 5.88 Å². The van der Waals surface area contributed by atoms with E-state index in [-0.39, 0.29) is 12.0 Å². The zero-order valence-electron chi connectivity index (χ0n) is 23.9. The van der Waals surface area contributed by atoms with Crippen LogP contribution in [-0.4, -0.2) is 20.6 Å². The lowest BCUT2D eigenvalue weighted by atomic mass is 9.84. The normalized spacial score (nSPS) is 17.8. The molecule has 0 bridgehead atoms. The van der Waals surface area contributed by atoms with Crippen LogP contribution in [0.25, 0.3) is 60.8 Å². The number of para-hydroxylation sites is 1. The number of aryl methyl sites for hydroxylation is 2. The van der Waals surface area contributed by atoms with Gasteiger partial charge in [-0.05, 0) is 76.2 Å². The van der Waals surface area contributed by atoms with Crippen LogP contribution in [0.5, 0.6) is 5.88 Å². The number of ether oxygens (including phenoxy) is 1. The van der Waals surface area contributed by atoms with Gasteiger partial charge < -0.3 is 4.74 Å². The summed E-state index contributed by atoms with van der Waals surface area (Å²) in [7, 11) is 0. The van der Waals surface area contributed by atoms with Gasteiger partial charge in [-0.25, -0.2) is 9.97 Å². The van der Waals surface area contributed by atoms with Crippen LogP contribution < -0.4 is 4.74 Å². The van der Waals surface area contributed by atoms with Gasteiger partial charge >= 0.3 is 0 Å². The van der Waals surface area contributed by atoms with Crippen molar-refractivity contribution in [3.05, 3.63) is 144 Å². The third-order valence-electron chi connectivity index (χ3n) is 9.62. The number of aromatic nitrogens is 3. The molecule has 5 aromatic carbocycles. The molecule has 4 heteroatoms. The average Bonchev–Trinajstić information content (AvgIpc) is 3.61. The van der Waals surface area contributed by atoms with Crippen LogP contribution in [0, 0.1) is 0 Å². The number of hydrogen-bond acceptors (Lipinski definition) is 3. The van der Waals surface area contributed by atoms with Gasteiger partial charge in [-0.15, -0.1) is 0 Å². The second kappa shape index (κ2) is 9.01. The largest absolute Gasteiger partial charge is 0.468 e. The predicted octanol–water partition coefficient (Wildman–Crippen LogP) is 9.13. The number of rotatable bonds is 2. The van der Waals surface area contributed by atoms with E-state index in [1.54, 1.807) is 0 Å². The Hall–Kier alpha value is -5.48. The molecule has 2 aromatic heterocycles. The Morgan fingerprint density at radius 2 is 1.41 bits per heavy atom. The molecular weight excluding hydrogens is 538 g/mol. The van der Waals surface area contributed by atoms with E-state index in [2.05, 4.69) is 126 Å². The van der Waals surface area contributed by atoms with Gasteiger partial charge in [0, 0.05) is 16.3 Å². The Morgan fingerprint density at radius 3 is 2.34 bits per heavy atom. The third-order valence-corrected chi connectivity index (χ3v) is 9.62. The van der Waals surface area contributed by atoms with Crippen molar-refractivity contribution in [2.75, 3.05) is 0 Å². The van der Waals surface area contributed by atoms with E-state index in [9.17, 15) is 0 Å². The summed E-state index contributed by atoms with van der Waals surface area (Å²) >= 11 is 0. The van der Waals surface area contributed by atoms with Crippen molar-refractivity contribution < 1.29 is 4.74 Å². The van der Waals surface area contributed by atoms with E-state index in [1.807, 2.05) is 6.08 Å². The van der Waals surface area contributed by atoms with Crippen molar-refractivity contribution >= 4 is 32.6 Å². The predicted molar refractivity (Wildman–Crippen MR) is 178 cm³/mol. The highest BCUT2D eigenvalue weighted by Gasteiger charge is 2.37. The van der Waals surface area contributed by atoms with Crippen LogP contribution in [0.4, 0.5) is 0 Å². The first-order valence-electron chi connectivity index (χ1n) is 15.4. The molecule has 0 spiro atoms. The molecule has 0 amide bonds. The van der Waals surface area contributed by atoms with Crippen LogP contribution >= 0.6 is 0 Å². The van der Waals surface area contributed by atoms with Crippen LogP contribution in [0.1, 0.15) is 22.7 Å².